The van der Waals surface area contributed by atoms with Crippen LogP contribution in [0.2, 0.25) is 0 Å². The van der Waals surface area contributed by atoms with Crippen molar-refractivity contribution in [2.45, 2.75) is 0 Å². The van der Waals surface area contributed by atoms with Gasteiger partial charge in [-0.3, -0.25) is 0 Å². The van der Waals surface area contributed by atoms with Crippen LogP contribution in [0.25, 0.3) is 0 Å². The fraction of sp³-hybridized carbons (Fsp3) is 0. The van der Waals surface area contributed by atoms with Crippen LogP contribution >= 0.6 is 11.9 Å². The van der Waals surface area contributed by atoms with Crippen LogP contribution in [0.4, 0.5) is 0 Å². The van der Waals surface area contributed by atoms with Crippen LogP contribution in [0.1, 0.15) is 0 Å². The molecule has 0 saturated heterocycles. The molecule has 0 atom stereocenters. The Morgan fingerprint density at radius 1 is 1.67 bits per heavy atom. The van der Waals surface area contributed by atoms with Gasteiger partial charge >= 0.3 is 6.20 Å². The molecular weight excluding hydrogens is 164 g/mol. The highest BCUT2D eigenvalue weighted by Gasteiger charge is 1.96. The van der Waals surface area contributed by atoms with E-state index in [9.17, 15) is 0 Å². The molecule has 0 aliphatic carbocycles. The van der Waals surface area contributed by atoms with E-state index in [1.165, 1.54) is 11.9 Å². The van der Waals surface area contributed by atoms with Crippen molar-refractivity contribution in [1.82, 2.24) is 0 Å². The van der Waals surface area contributed by atoms with E-state index in [2.05, 4.69) is 15.8 Å². The molecule has 0 radical (unpaired) electrons. The predicted molar refractivity (Wildman–Crippen MR) is 20.3 cm³/mol. The maximum absolute atomic E-state index is 3.46. The number of halogens is 1. The van der Waals surface area contributed by atoms with Gasteiger partial charge in [0.1, 0.15) is 5.11 Å². The number of hydrogen-bond acceptors (Lipinski definition) is 3. The highest BCUT2D eigenvalue weighted by Crippen LogP contribution is 2.09. The fourth-order valence-corrected chi connectivity index (χ4v) is 0.354. The molecule has 0 unspecified atom stereocenters. The third-order valence-electron chi connectivity index (χ3n) is 0.251. The Labute approximate surface area is 50.6 Å². The van der Waals surface area contributed by atoms with Crippen LogP contribution in [0, 0.1) is 6.20 Å². The summed E-state index contributed by atoms with van der Waals surface area (Å²) in [5.41, 5.74) is 0. The molecule has 1 heterocycles. The minimum absolute atomic E-state index is 0. The third-order valence-corrected chi connectivity index (χ3v) is 0.638. The molecule has 0 N–H and O–H groups in total. The first-order valence-corrected chi connectivity index (χ1v) is 1.97. The minimum atomic E-state index is 0. The molecule has 6 heavy (non-hydrogen) atoms. The van der Waals surface area contributed by atoms with Gasteiger partial charge in [0.15, 0.2) is 0 Å². The van der Waals surface area contributed by atoms with Crippen molar-refractivity contribution in [3.05, 3.63) is 11.6 Å². The maximum Gasteiger partial charge on any atom is 0.432 e. The molecule has 4 heteroatoms. The lowest BCUT2D eigenvalue weighted by molar-refractivity contribution is -0.00000103. The number of rotatable bonds is 0. The Hall–Kier alpha value is 0.0800. The highest BCUT2D eigenvalue weighted by atomic mass is 79.9. The maximum atomic E-state index is 3.46. The summed E-state index contributed by atoms with van der Waals surface area (Å²) >= 11 is 1.30. The summed E-state index contributed by atoms with van der Waals surface area (Å²) in [6.07, 6.45) is 2.52. The van der Waals surface area contributed by atoms with Gasteiger partial charge in [0.05, 0.1) is 11.9 Å². The molecule has 32 valence electrons. The van der Waals surface area contributed by atoms with Crippen molar-refractivity contribution in [2.75, 3.05) is 0 Å². The summed E-state index contributed by atoms with van der Waals surface area (Å²) < 4.78 is 3.46. The lowest BCUT2D eigenvalue weighted by Gasteiger charge is -1.44. The lowest BCUT2D eigenvalue weighted by Crippen LogP contribution is -3.00. The van der Waals surface area contributed by atoms with E-state index in [-0.39, 0.29) is 17.0 Å². The standard InChI is InChI=1S/C2HN2S.BrH/c1-2-5-4-3-1;/h2H;1H/q+1;/p-1. The first-order valence-electron chi connectivity index (χ1n) is 1.13. The zero-order chi connectivity index (χ0) is 3.54. The Morgan fingerprint density at radius 3 is 2.67 bits per heavy atom. The van der Waals surface area contributed by atoms with Crippen molar-refractivity contribution in [3.8, 4) is 0 Å². The number of nitrogens with zero attached hydrogens (tertiary/aromatic N) is 2. The van der Waals surface area contributed by atoms with E-state index in [0.717, 1.165) is 0 Å². The molecule has 0 saturated carbocycles. The Morgan fingerprint density at radius 2 is 2.50 bits per heavy atom. The predicted octanol–water partition coefficient (Wildman–Crippen LogP) is -1.62. The van der Waals surface area contributed by atoms with E-state index >= 15 is 0 Å². The van der Waals surface area contributed by atoms with Crippen LogP contribution in [0.3, 0.4) is 0 Å². The second-order valence-corrected chi connectivity index (χ2v) is 1.14. The van der Waals surface area contributed by atoms with Gasteiger partial charge in [-0.05, 0) is 0 Å². The van der Waals surface area contributed by atoms with E-state index in [0.29, 0.717) is 0 Å². The van der Waals surface area contributed by atoms with Crippen molar-refractivity contribution < 1.29 is 17.0 Å². The van der Waals surface area contributed by atoms with Gasteiger partial charge in [0, 0.05) is 0 Å². The van der Waals surface area contributed by atoms with E-state index in [1.54, 1.807) is 5.41 Å². The molecule has 0 amide bonds. The lowest BCUT2D eigenvalue weighted by atomic mass is 11.1. The zero-order valence-corrected chi connectivity index (χ0v) is 5.16. The van der Waals surface area contributed by atoms with Crippen LogP contribution in [0.15, 0.2) is 15.0 Å². The highest BCUT2D eigenvalue weighted by molar-refractivity contribution is 8.00. The zero-order valence-electron chi connectivity index (χ0n) is 2.76. The number of hydrogen-bond donors (Lipinski definition) is 0. The third kappa shape index (κ3) is 1.50. The normalized spacial score (nSPS) is 13.3. The summed E-state index contributed by atoms with van der Waals surface area (Å²) in [6, 6.07) is 0. The summed E-state index contributed by atoms with van der Waals surface area (Å²) in [6.45, 7) is 0. The van der Waals surface area contributed by atoms with Crippen LogP contribution in [-0.4, -0.2) is 0 Å². The summed E-state index contributed by atoms with van der Waals surface area (Å²) in [5.74, 6) is 0. The van der Waals surface area contributed by atoms with E-state index < -0.39 is 0 Å². The average molecular weight is 165 g/mol. The Kier molecular flexibility index (Phi) is 3.32. The van der Waals surface area contributed by atoms with Gasteiger partial charge in [-0.15, -0.1) is 0 Å². The first-order chi connectivity index (χ1) is 2.50. The molecule has 2 nitrogen and oxygen atoms in total. The van der Waals surface area contributed by atoms with Gasteiger partial charge in [0.25, 0.3) is 5.41 Å². The van der Waals surface area contributed by atoms with Gasteiger partial charge in [-0.1, -0.05) is 4.52 Å². The largest absolute Gasteiger partial charge is 1.00 e. The monoisotopic (exact) mass is 164 g/mol. The molecule has 1 aliphatic rings. The fourth-order valence-electron chi connectivity index (χ4n) is 0.118. The Balaban J connectivity index is 0.000000250. The molecule has 0 spiro atoms. The molecule has 1 aliphatic heterocycles. The summed E-state index contributed by atoms with van der Waals surface area (Å²) in [7, 11) is 0. The van der Waals surface area contributed by atoms with E-state index in [1.807, 2.05) is 0 Å². The molecule has 0 aromatic carbocycles. The molecule has 0 bridgehead atoms. The minimum Gasteiger partial charge on any atom is -1.00 e. The van der Waals surface area contributed by atoms with Gasteiger partial charge in [-0.25, -0.2) is 0 Å². The van der Waals surface area contributed by atoms with Crippen molar-refractivity contribution in [2.24, 2.45) is 9.63 Å². The smallest absolute Gasteiger partial charge is 0.432 e. The summed E-state index contributed by atoms with van der Waals surface area (Å²) in [5, 5.41) is 5.06. The van der Waals surface area contributed by atoms with Gasteiger partial charge < -0.3 is 17.0 Å². The van der Waals surface area contributed by atoms with Crippen molar-refractivity contribution in [1.29, 1.82) is 0 Å². The van der Waals surface area contributed by atoms with Crippen molar-refractivity contribution in [3.63, 3.8) is 0 Å². The molecular formula is C2HBrN2S. The van der Waals surface area contributed by atoms with Gasteiger partial charge in [0.2, 0.25) is 0 Å². The van der Waals surface area contributed by atoms with Crippen molar-refractivity contribution >= 4 is 11.9 Å². The van der Waals surface area contributed by atoms with E-state index in [4.69, 9.17) is 0 Å². The van der Waals surface area contributed by atoms with Crippen LogP contribution < -0.4 is 17.0 Å². The Bertz CT molecular complexity index is 69.6. The van der Waals surface area contributed by atoms with Crippen LogP contribution in [0.5, 0.6) is 0 Å². The molecule has 0 fully saturated rings. The van der Waals surface area contributed by atoms with Gasteiger partial charge in [-0.2, -0.15) is 0 Å². The molecule has 1 rings (SSSR count). The SMILES string of the molecule is [Br-].[C+]1=CSN=N1. The van der Waals surface area contributed by atoms with Crippen LogP contribution in [-0.2, 0) is 0 Å². The topological polar surface area (TPSA) is 24.7 Å². The molecule has 0 aromatic rings. The summed E-state index contributed by atoms with van der Waals surface area (Å²) in [4.78, 5) is 0. The molecule has 0 aromatic heterocycles. The quantitative estimate of drug-likeness (QED) is 0.312. The second-order valence-electron chi connectivity index (χ2n) is 0.534. The second kappa shape index (κ2) is 3.28. The average Bonchev–Trinajstić information content (AvgIpc) is 1.76. The first kappa shape index (κ1) is 6.08.